The van der Waals surface area contributed by atoms with Gasteiger partial charge in [-0.05, 0) is 69.2 Å². The minimum Gasteiger partial charge on any atom is -0.406 e. The van der Waals surface area contributed by atoms with Crippen LogP contribution in [0.1, 0.15) is 36.5 Å². The fraction of sp³-hybridized carbons (Fsp3) is 0.462. The van der Waals surface area contributed by atoms with Crippen LogP contribution in [0.4, 0.5) is 28.0 Å². The summed E-state index contributed by atoms with van der Waals surface area (Å²) in [5.74, 6) is -1.56. The average molecular weight is 522 g/mol. The average Bonchev–Trinajstić information content (AvgIpc) is 3.00. The topological polar surface area (TPSA) is 60.4 Å². The first kappa shape index (κ1) is 26.7. The van der Waals surface area contributed by atoms with Crippen LogP contribution < -0.4 is 15.0 Å². The zero-order valence-electron chi connectivity index (χ0n) is 21.3. The van der Waals surface area contributed by atoms with Crippen LogP contribution in [0.3, 0.4) is 0 Å². The summed E-state index contributed by atoms with van der Waals surface area (Å²) in [6, 6.07) is 9.36. The number of nitrogens with zero attached hydrogens (tertiary/aromatic N) is 4. The van der Waals surface area contributed by atoms with Crippen LogP contribution in [-0.4, -0.2) is 68.8 Å². The Morgan fingerprint density at radius 3 is 2.43 bits per heavy atom. The quantitative estimate of drug-likeness (QED) is 0.593. The number of anilines is 1. The van der Waals surface area contributed by atoms with Gasteiger partial charge >= 0.3 is 12.4 Å². The van der Waals surface area contributed by atoms with E-state index in [4.69, 9.17) is 0 Å². The van der Waals surface area contributed by atoms with E-state index in [-0.39, 0.29) is 17.5 Å². The molecule has 0 spiro atoms. The molecule has 2 aromatic rings. The number of carbonyl (C=O) groups excluding carboxylic acids is 1. The number of piperidine rings is 1. The number of ether oxygens (including phenoxy) is 1. The first-order valence-corrected chi connectivity index (χ1v) is 12.1. The van der Waals surface area contributed by atoms with Gasteiger partial charge in [0.1, 0.15) is 11.6 Å². The van der Waals surface area contributed by atoms with Gasteiger partial charge in [0.05, 0.1) is 11.8 Å². The highest BCUT2D eigenvalue weighted by molar-refractivity contribution is 5.85. The molecule has 0 saturated carbocycles. The van der Waals surface area contributed by atoms with E-state index in [9.17, 15) is 18.0 Å². The Hall–Kier alpha value is -3.34. The van der Waals surface area contributed by atoms with Crippen LogP contribution in [0.15, 0.2) is 41.5 Å². The number of hydrazone groups is 1. The number of amides is 2. The Morgan fingerprint density at radius 1 is 1.19 bits per heavy atom. The summed E-state index contributed by atoms with van der Waals surface area (Å²) < 4.78 is 57.2. The van der Waals surface area contributed by atoms with Crippen molar-refractivity contribution in [2.45, 2.75) is 44.1 Å². The first-order valence-electron chi connectivity index (χ1n) is 12.1. The van der Waals surface area contributed by atoms with Crippen LogP contribution in [0.2, 0.25) is 0 Å². The van der Waals surface area contributed by atoms with Crippen molar-refractivity contribution in [1.82, 2.24) is 15.2 Å². The molecule has 1 saturated heterocycles. The Kier molecular flexibility index (Phi) is 7.36. The van der Waals surface area contributed by atoms with Gasteiger partial charge in [-0.1, -0.05) is 12.1 Å². The zero-order valence-corrected chi connectivity index (χ0v) is 21.3. The smallest absolute Gasteiger partial charge is 0.406 e. The summed E-state index contributed by atoms with van der Waals surface area (Å²) in [4.78, 5) is 17.4. The number of halogens is 4. The summed E-state index contributed by atoms with van der Waals surface area (Å²) in [6.45, 7) is 3.82. The lowest BCUT2D eigenvalue weighted by Gasteiger charge is -2.38. The van der Waals surface area contributed by atoms with Crippen molar-refractivity contribution in [3.63, 3.8) is 0 Å². The van der Waals surface area contributed by atoms with E-state index in [2.05, 4.69) is 39.1 Å². The lowest BCUT2D eigenvalue weighted by Crippen LogP contribution is -2.49. The summed E-state index contributed by atoms with van der Waals surface area (Å²) in [7, 11) is 5.63. The van der Waals surface area contributed by atoms with Crippen LogP contribution >= 0.6 is 0 Å². The molecule has 2 aliphatic heterocycles. The van der Waals surface area contributed by atoms with Crippen LogP contribution in [-0.2, 0) is 12.0 Å². The number of fused-ring (bicyclic) bond motifs is 1. The molecule has 0 aromatic heterocycles. The first-order chi connectivity index (χ1) is 17.4. The van der Waals surface area contributed by atoms with Crippen molar-refractivity contribution >= 4 is 17.9 Å². The van der Waals surface area contributed by atoms with Gasteiger partial charge in [0.25, 0.3) is 0 Å². The molecule has 0 unspecified atom stereocenters. The molecule has 37 heavy (non-hydrogen) atoms. The molecular weight excluding hydrogens is 490 g/mol. The maximum Gasteiger partial charge on any atom is 0.573 e. The number of nitrogens with one attached hydrogen (secondary N) is 1. The Bertz CT molecular complexity index is 1160. The molecule has 11 heteroatoms. The van der Waals surface area contributed by atoms with Crippen molar-refractivity contribution in [2.24, 2.45) is 5.10 Å². The highest BCUT2D eigenvalue weighted by Crippen LogP contribution is 2.38. The van der Waals surface area contributed by atoms with E-state index in [1.165, 1.54) is 18.3 Å². The van der Waals surface area contributed by atoms with E-state index < -0.39 is 29.5 Å². The predicted molar refractivity (Wildman–Crippen MR) is 133 cm³/mol. The van der Waals surface area contributed by atoms with Crippen molar-refractivity contribution in [1.29, 1.82) is 0 Å². The highest BCUT2D eigenvalue weighted by atomic mass is 19.4. The third-order valence-corrected chi connectivity index (χ3v) is 7.28. The van der Waals surface area contributed by atoms with Crippen molar-refractivity contribution in [3.05, 3.63) is 58.9 Å². The van der Waals surface area contributed by atoms with E-state index in [0.717, 1.165) is 37.7 Å². The largest absolute Gasteiger partial charge is 0.573 e. The maximum atomic E-state index is 15.1. The van der Waals surface area contributed by atoms with E-state index in [0.29, 0.717) is 17.7 Å². The second-order valence-corrected chi connectivity index (χ2v) is 9.78. The fourth-order valence-electron chi connectivity index (χ4n) is 5.05. The van der Waals surface area contributed by atoms with E-state index in [1.807, 2.05) is 24.3 Å². The molecule has 1 fully saturated rings. The minimum atomic E-state index is -4.96. The molecule has 200 valence electrons. The third kappa shape index (κ3) is 5.66. The van der Waals surface area contributed by atoms with Gasteiger partial charge in [-0.2, -0.15) is 5.10 Å². The lowest BCUT2D eigenvalue weighted by atomic mass is 9.83. The van der Waals surface area contributed by atoms with Gasteiger partial charge in [0, 0.05) is 43.9 Å². The van der Waals surface area contributed by atoms with Crippen LogP contribution in [0, 0.1) is 5.82 Å². The number of alkyl halides is 3. The number of likely N-dealkylation sites (tertiary alicyclic amines) is 1. The minimum absolute atomic E-state index is 0.0158. The molecule has 2 heterocycles. The molecule has 4 rings (SSSR count). The van der Waals surface area contributed by atoms with E-state index in [1.54, 1.807) is 6.92 Å². The van der Waals surface area contributed by atoms with Crippen LogP contribution in [0.25, 0.3) is 0 Å². The fourth-order valence-corrected chi connectivity index (χ4v) is 5.05. The number of carbonyl (C=O) groups is 1. The highest BCUT2D eigenvalue weighted by Gasteiger charge is 2.41. The SMILES string of the molecule is CNC(=O)N1N=Cc2cc(OC(F)(F)F)cc(F)c2C[C@@]1(C)c1ccc(N(C)C2CCN(C)CC2)cc1. The number of urea groups is 1. The molecule has 2 amide bonds. The molecule has 2 aliphatic rings. The summed E-state index contributed by atoms with van der Waals surface area (Å²) >= 11 is 0. The van der Waals surface area contributed by atoms with Gasteiger partial charge in [-0.15, -0.1) is 13.2 Å². The van der Waals surface area contributed by atoms with Gasteiger partial charge in [-0.25, -0.2) is 14.2 Å². The standard InChI is InChI=1S/C26H31F4N5O2/c1-25(18-5-7-19(8-6-18)34(4)20-9-11-33(3)12-10-20)15-22-17(16-32-35(25)24(36)31-2)13-21(14-23(22)27)37-26(28,29)30/h5-8,13-14,16,20H,9-12,15H2,1-4H3,(H,31,36)/t25-/m0/s1. The molecule has 7 nitrogen and oxygen atoms in total. The number of benzene rings is 2. The zero-order chi connectivity index (χ0) is 27.0. The second-order valence-electron chi connectivity index (χ2n) is 9.78. The van der Waals surface area contributed by atoms with Gasteiger partial charge < -0.3 is 19.9 Å². The third-order valence-electron chi connectivity index (χ3n) is 7.28. The van der Waals surface area contributed by atoms with Crippen molar-refractivity contribution in [3.8, 4) is 5.75 Å². The Balaban J connectivity index is 1.68. The summed E-state index contributed by atoms with van der Waals surface area (Å²) in [5, 5.41) is 8.00. The molecule has 1 atom stereocenters. The monoisotopic (exact) mass is 521 g/mol. The summed E-state index contributed by atoms with van der Waals surface area (Å²) in [6.07, 6.45) is -1.68. The molecule has 1 N–H and O–H groups in total. The van der Waals surface area contributed by atoms with Crippen molar-refractivity contribution in [2.75, 3.05) is 39.1 Å². The number of rotatable bonds is 4. The second kappa shape index (κ2) is 10.2. The van der Waals surface area contributed by atoms with Gasteiger partial charge in [-0.3, -0.25) is 0 Å². The molecule has 2 aromatic carbocycles. The van der Waals surface area contributed by atoms with Crippen molar-refractivity contribution < 1.29 is 27.1 Å². The molecular formula is C26H31F4N5O2. The van der Waals surface area contributed by atoms with Crippen LogP contribution in [0.5, 0.6) is 5.75 Å². The Morgan fingerprint density at radius 2 is 1.84 bits per heavy atom. The van der Waals surface area contributed by atoms with E-state index >= 15 is 4.39 Å². The maximum absolute atomic E-state index is 15.1. The number of hydrogen-bond acceptors (Lipinski definition) is 5. The number of hydrogen-bond donors (Lipinski definition) is 1. The van der Waals surface area contributed by atoms with Gasteiger partial charge in [0.2, 0.25) is 0 Å². The summed E-state index contributed by atoms with van der Waals surface area (Å²) in [5.41, 5.74) is 0.845. The predicted octanol–water partition coefficient (Wildman–Crippen LogP) is 4.70. The molecule has 0 radical (unpaired) electrons. The normalized spacial score (nSPS) is 20.8. The lowest BCUT2D eigenvalue weighted by molar-refractivity contribution is -0.274. The molecule has 0 bridgehead atoms. The Labute approximate surface area is 213 Å². The van der Waals surface area contributed by atoms with Gasteiger partial charge in [0.15, 0.2) is 0 Å². The molecule has 0 aliphatic carbocycles.